The number of alkyl halides is 3. The molecule has 0 radical (unpaired) electrons. The van der Waals surface area contributed by atoms with E-state index in [1.54, 1.807) is 6.92 Å². The normalized spacial score (nSPS) is 26.3. The number of halogens is 3. The van der Waals surface area contributed by atoms with Crippen LogP contribution in [0.3, 0.4) is 0 Å². The van der Waals surface area contributed by atoms with E-state index in [2.05, 4.69) is 40.8 Å². The Hall–Kier alpha value is 0.437. The minimum absolute atomic E-state index is 0.104. The number of esters is 1. The fourth-order valence-corrected chi connectivity index (χ4v) is 5.65. The zero-order chi connectivity index (χ0) is 25.7. The molecule has 0 bridgehead atoms. The second-order valence-electron chi connectivity index (χ2n) is 11.1. The van der Waals surface area contributed by atoms with Crippen molar-refractivity contribution in [2.24, 2.45) is 5.41 Å². The maximum atomic E-state index is 12.8. The molecule has 0 spiro atoms. The van der Waals surface area contributed by atoms with Crippen LogP contribution in [-0.4, -0.2) is 42.9 Å². The van der Waals surface area contributed by atoms with Crippen LogP contribution in [0.2, 0.25) is 18.1 Å². The second-order valence-corrected chi connectivity index (χ2v) is 18.2. The number of ether oxygens (including phenoxy) is 3. The van der Waals surface area contributed by atoms with E-state index in [0.29, 0.717) is 0 Å². The zero-order valence-electron chi connectivity index (χ0n) is 22.0. The van der Waals surface area contributed by atoms with Gasteiger partial charge in [-0.3, -0.25) is 4.79 Å². The van der Waals surface area contributed by atoms with E-state index in [1.807, 2.05) is 13.8 Å². The van der Waals surface area contributed by atoms with Gasteiger partial charge in [0, 0.05) is 5.41 Å². The first-order valence-corrected chi connectivity index (χ1v) is 16.2. The molecule has 3 atom stereocenters. The van der Waals surface area contributed by atoms with Crippen LogP contribution in [0.15, 0.2) is 0 Å². The predicted octanol–water partition coefficient (Wildman–Crippen LogP) is 8.16. The fourth-order valence-electron chi connectivity index (χ4n) is 3.85. The highest BCUT2D eigenvalue weighted by molar-refractivity contribution is 6.74. The molecule has 0 N–H and O–H groups in total. The first-order valence-electron chi connectivity index (χ1n) is 12.2. The Balaban J connectivity index is 3.45. The maximum absolute atomic E-state index is 12.8. The Morgan fingerprint density at radius 2 is 1.61 bits per heavy atom. The monoisotopic (exact) mass is 546 g/mol. The number of rotatable bonds is 11. The summed E-state index contributed by atoms with van der Waals surface area (Å²) in [5, 5.41) is -0.127. The van der Waals surface area contributed by atoms with Crippen molar-refractivity contribution < 1.29 is 23.4 Å². The van der Waals surface area contributed by atoms with Crippen molar-refractivity contribution in [3.63, 3.8) is 0 Å². The molecular weight excluding hydrogens is 503 g/mol. The van der Waals surface area contributed by atoms with Crippen molar-refractivity contribution >= 4 is 49.1 Å². The highest BCUT2D eigenvalue weighted by Crippen LogP contribution is 2.55. The van der Waals surface area contributed by atoms with Gasteiger partial charge < -0.3 is 18.6 Å². The quantitative estimate of drug-likeness (QED) is 0.113. The lowest BCUT2D eigenvalue weighted by molar-refractivity contribution is -0.396. The summed E-state index contributed by atoms with van der Waals surface area (Å²) in [6.07, 6.45) is 4.77. The van der Waals surface area contributed by atoms with E-state index < -0.39 is 35.6 Å². The van der Waals surface area contributed by atoms with Gasteiger partial charge in [-0.2, -0.15) is 0 Å². The summed E-state index contributed by atoms with van der Waals surface area (Å²) in [4.78, 5) is 12.8. The molecule has 1 rings (SSSR count). The maximum Gasteiger partial charge on any atom is 0.311 e. The molecule has 0 saturated carbocycles. The highest BCUT2D eigenvalue weighted by Gasteiger charge is 2.63. The lowest BCUT2D eigenvalue weighted by Gasteiger charge is -2.58. The van der Waals surface area contributed by atoms with Crippen LogP contribution >= 0.6 is 34.8 Å². The van der Waals surface area contributed by atoms with E-state index >= 15 is 0 Å². The number of hydrogen-bond acceptors (Lipinski definition) is 5. The Kier molecular flexibility index (Phi) is 11.6. The minimum Gasteiger partial charge on any atom is -0.466 e. The molecule has 0 aromatic carbocycles. The van der Waals surface area contributed by atoms with Crippen LogP contribution in [0.25, 0.3) is 0 Å². The van der Waals surface area contributed by atoms with Crippen molar-refractivity contribution in [3.05, 3.63) is 0 Å². The molecule has 1 saturated heterocycles. The third kappa shape index (κ3) is 8.23. The topological polar surface area (TPSA) is 54.0 Å². The lowest BCUT2D eigenvalue weighted by Crippen LogP contribution is -2.68. The van der Waals surface area contributed by atoms with Crippen molar-refractivity contribution in [2.45, 2.75) is 134 Å². The smallest absolute Gasteiger partial charge is 0.311 e. The molecule has 1 aliphatic rings. The number of carbonyl (C=O) groups is 1. The van der Waals surface area contributed by atoms with Gasteiger partial charge in [-0.15, -0.1) is 0 Å². The zero-order valence-corrected chi connectivity index (χ0v) is 25.3. The summed E-state index contributed by atoms with van der Waals surface area (Å²) in [5.74, 6) is -1.76. The third-order valence-corrected chi connectivity index (χ3v) is 12.1. The Labute approximate surface area is 217 Å². The Morgan fingerprint density at radius 1 is 1.03 bits per heavy atom. The fraction of sp³-hybridized carbons (Fsp3) is 0.958. The SMILES string of the molecule is CCCCCCC[C@H]1O[C@@H](C(Cl)(Cl)Cl)O[C@@](CC(=O)OCC)(O[Si](C)(C)C(C)(C)C)C1(C)C. The van der Waals surface area contributed by atoms with Gasteiger partial charge in [0.05, 0.1) is 19.1 Å². The molecule has 0 amide bonds. The summed E-state index contributed by atoms with van der Waals surface area (Å²) in [5.41, 5.74) is -0.702. The number of unbranched alkanes of at least 4 members (excludes halogenated alkanes) is 4. The van der Waals surface area contributed by atoms with Crippen LogP contribution in [0.1, 0.15) is 93.4 Å². The summed E-state index contributed by atoms with van der Waals surface area (Å²) in [6.45, 7) is 18.9. The van der Waals surface area contributed by atoms with Gasteiger partial charge in [-0.05, 0) is 31.5 Å². The second kappa shape index (κ2) is 12.1. The molecule has 33 heavy (non-hydrogen) atoms. The van der Waals surface area contributed by atoms with Gasteiger partial charge in [0.2, 0.25) is 10.1 Å². The van der Waals surface area contributed by atoms with Crippen LogP contribution < -0.4 is 0 Å². The molecule has 0 aliphatic carbocycles. The van der Waals surface area contributed by atoms with Gasteiger partial charge in [-0.25, -0.2) is 0 Å². The molecule has 196 valence electrons. The van der Waals surface area contributed by atoms with Gasteiger partial charge in [0.1, 0.15) is 0 Å². The lowest BCUT2D eigenvalue weighted by atomic mass is 9.73. The molecule has 1 fully saturated rings. The molecule has 1 aliphatic heterocycles. The number of carbonyl (C=O) groups excluding carboxylic acids is 1. The van der Waals surface area contributed by atoms with Crippen molar-refractivity contribution in [2.75, 3.05) is 6.61 Å². The summed E-state index contributed by atoms with van der Waals surface area (Å²) < 4.78 is 23.0. The van der Waals surface area contributed by atoms with Gasteiger partial charge in [0.15, 0.2) is 14.1 Å². The van der Waals surface area contributed by atoms with E-state index in [0.717, 1.165) is 19.3 Å². The van der Waals surface area contributed by atoms with Crippen LogP contribution in [-0.2, 0) is 23.4 Å². The molecule has 9 heteroatoms. The van der Waals surface area contributed by atoms with Gasteiger partial charge >= 0.3 is 5.97 Å². The van der Waals surface area contributed by atoms with E-state index in [9.17, 15) is 4.79 Å². The van der Waals surface area contributed by atoms with Crippen molar-refractivity contribution in [3.8, 4) is 0 Å². The van der Waals surface area contributed by atoms with Crippen LogP contribution in [0, 0.1) is 5.41 Å². The highest BCUT2D eigenvalue weighted by atomic mass is 35.6. The Bertz CT molecular complexity index is 631. The average molecular weight is 548 g/mol. The van der Waals surface area contributed by atoms with E-state index in [4.69, 9.17) is 53.4 Å². The van der Waals surface area contributed by atoms with E-state index in [-0.39, 0.29) is 24.2 Å². The van der Waals surface area contributed by atoms with Crippen LogP contribution in [0.5, 0.6) is 0 Å². The molecular formula is C24H45Cl3O5Si. The largest absolute Gasteiger partial charge is 0.466 e. The predicted molar refractivity (Wildman–Crippen MR) is 139 cm³/mol. The third-order valence-electron chi connectivity index (χ3n) is 7.12. The van der Waals surface area contributed by atoms with Crippen molar-refractivity contribution in [1.82, 2.24) is 0 Å². The van der Waals surface area contributed by atoms with Gasteiger partial charge in [0.25, 0.3) is 0 Å². The van der Waals surface area contributed by atoms with E-state index in [1.165, 1.54) is 19.3 Å². The standard InChI is InChI=1S/C24H45Cl3O5Si/c1-10-12-13-14-15-16-18-22(6,7)23(17-19(28)29-11-2,31-20(30-18)24(25,26)27)32-33(8,9)21(3,4)5/h18,20H,10-17H2,1-9H3/t18-,20-,23+/m1/s1. The molecule has 5 nitrogen and oxygen atoms in total. The van der Waals surface area contributed by atoms with Crippen molar-refractivity contribution in [1.29, 1.82) is 0 Å². The van der Waals surface area contributed by atoms with Crippen LogP contribution in [0.4, 0.5) is 0 Å². The summed E-state index contributed by atoms with van der Waals surface area (Å²) >= 11 is 18.8. The number of hydrogen-bond donors (Lipinski definition) is 0. The molecule has 0 aromatic heterocycles. The summed E-state index contributed by atoms with van der Waals surface area (Å²) in [7, 11) is -2.43. The molecule has 1 heterocycles. The first-order chi connectivity index (χ1) is 14.9. The molecule has 0 aromatic rings. The summed E-state index contributed by atoms with van der Waals surface area (Å²) in [6, 6.07) is 0. The Morgan fingerprint density at radius 3 is 2.09 bits per heavy atom. The average Bonchev–Trinajstić information content (AvgIpc) is 2.62. The first kappa shape index (κ1) is 31.5. The van der Waals surface area contributed by atoms with Gasteiger partial charge in [-0.1, -0.05) is 108 Å². The minimum atomic E-state index is -2.43. The molecule has 0 unspecified atom stereocenters.